The van der Waals surface area contributed by atoms with Crippen LogP contribution in [0.25, 0.3) is 10.2 Å². The molecule has 0 aliphatic carbocycles. The van der Waals surface area contributed by atoms with Gasteiger partial charge in [0.05, 0.1) is 10.2 Å². The summed E-state index contributed by atoms with van der Waals surface area (Å²) in [4.78, 5) is 21.7. The summed E-state index contributed by atoms with van der Waals surface area (Å²) in [5.41, 5.74) is 5.05. The third-order valence-electron chi connectivity index (χ3n) is 5.58. The van der Waals surface area contributed by atoms with Crippen molar-refractivity contribution in [3.05, 3.63) is 53.6 Å². The summed E-state index contributed by atoms with van der Waals surface area (Å²) >= 11 is 3.50. The molecule has 1 saturated heterocycles. The summed E-state index contributed by atoms with van der Waals surface area (Å²) in [6.07, 6.45) is 1.53. The summed E-state index contributed by atoms with van der Waals surface area (Å²) in [6.45, 7) is 7.80. The zero-order valence-electron chi connectivity index (χ0n) is 17.1. The summed E-state index contributed by atoms with van der Waals surface area (Å²) in [5, 5.41) is 0. The van der Waals surface area contributed by atoms with Crippen molar-refractivity contribution in [3.8, 4) is 0 Å². The molecule has 4 nitrogen and oxygen atoms in total. The number of thiazole rings is 1. The summed E-state index contributed by atoms with van der Waals surface area (Å²) < 4.78 is 2.33. The van der Waals surface area contributed by atoms with Gasteiger partial charge in [0.2, 0.25) is 5.91 Å². The first-order valence-electron chi connectivity index (χ1n) is 10.2. The van der Waals surface area contributed by atoms with Gasteiger partial charge in [-0.25, -0.2) is 4.98 Å². The van der Waals surface area contributed by atoms with Crippen LogP contribution in [0.1, 0.15) is 24.0 Å². The van der Waals surface area contributed by atoms with Crippen molar-refractivity contribution < 1.29 is 4.79 Å². The lowest BCUT2D eigenvalue weighted by molar-refractivity contribution is -0.131. The Balaban J connectivity index is 1.21. The van der Waals surface area contributed by atoms with Crippen molar-refractivity contribution in [2.24, 2.45) is 0 Å². The molecule has 1 fully saturated rings. The SMILES string of the molecule is Cc1cccc(N2CCN(C(=O)CCCSc3nc4ccccc4s3)CC2)c1C. The van der Waals surface area contributed by atoms with Crippen LogP contribution in [-0.4, -0.2) is 47.7 Å². The Kier molecular flexibility index (Phi) is 6.40. The normalized spacial score (nSPS) is 14.6. The topological polar surface area (TPSA) is 36.4 Å². The number of fused-ring (bicyclic) bond motifs is 1. The molecule has 2 heterocycles. The maximum atomic E-state index is 12.6. The number of carbonyl (C=O) groups is 1. The minimum atomic E-state index is 0.288. The number of carbonyl (C=O) groups excluding carboxylic acids is 1. The molecule has 0 spiro atoms. The molecule has 1 aliphatic rings. The molecular weight excluding hydrogens is 398 g/mol. The number of thioether (sulfide) groups is 1. The fourth-order valence-corrected chi connectivity index (χ4v) is 5.81. The molecule has 0 saturated carbocycles. The van der Waals surface area contributed by atoms with Gasteiger partial charge in [-0.15, -0.1) is 11.3 Å². The van der Waals surface area contributed by atoms with E-state index in [-0.39, 0.29) is 5.91 Å². The van der Waals surface area contributed by atoms with E-state index in [1.807, 2.05) is 17.0 Å². The smallest absolute Gasteiger partial charge is 0.222 e. The first-order chi connectivity index (χ1) is 14.1. The highest BCUT2D eigenvalue weighted by Gasteiger charge is 2.22. The van der Waals surface area contributed by atoms with Crippen molar-refractivity contribution in [3.63, 3.8) is 0 Å². The van der Waals surface area contributed by atoms with E-state index in [2.05, 4.69) is 54.1 Å². The number of anilines is 1. The molecule has 0 atom stereocenters. The van der Waals surface area contributed by atoms with Gasteiger partial charge in [0.1, 0.15) is 0 Å². The number of piperazine rings is 1. The van der Waals surface area contributed by atoms with Gasteiger partial charge >= 0.3 is 0 Å². The molecule has 29 heavy (non-hydrogen) atoms. The number of hydrogen-bond donors (Lipinski definition) is 0. The second kappa shape index (κ2) is 9.18. The third kappa shape index (κ3) is 4.75. The van der Waals surface area contributed by atoms with Crippen LogP contribution in [0.15, 0.2) is 46.8 Å². The van der Waals surface area contributed by atoms with E-state index in [0.29, 0.717) is 6.42 Å². The van der Waals surface area contributed by atoms with Crippen molar-refractivity contribution >= 4 is 44.9 Å². The largest absolute Gasteiger partial charge is 0.368 e. The van der Waals surface area contributed by atoms with Gasteiger partial charge in [-0.3, -0.25) is 4.79 Å². The van der Waals surface area contributed by atoms with Crippen molar-refractivity contribution in [1.29, 1.82) is 0 Å². The molecule has 1 aromatic heterocycles. The third-order valence-corrected chi connectivity index (χ3v) is 7.85. The Labute approximate surface area is 180 Å². The highest BCUT2D eigenvalue weighted by Crippen LogP contribution is 2.30. The van der Waals surface area contributed by atoms with Crippen LogP contribution in [0.3, 0.4) is 0 Å². The molecular formula is C23H27N3OS2. The lowest BCUT2D eigenvalue weighted by Gasteiger charge is -2.37. The first kappa shape index (κ1) is 20.2. The van der Waals surface area contributed by atoms with Gasteiger partial charge in [-0.1, -0.05) is 36.0 Å². The van der Waals surface area contributed by atoms with Gasteiger partial charge in [-0.2, -0.15) is 0 Å². The molecule has 3 aromatic rings. The maximum absolute atomic E-state index is 12.6. The predicted molar refractivity (Wildman–Crippen MR) is 124 cm³/mol. The quantitative estimate of drug-likeness (QED) is 0.405. The zero-order valence-corrected chi connectivity index (χ0v) is 18.7. The van der Waals surface area contributed by atoms with E-state index in [1.165, 1.54) is 21.5 Å². The number of hydrogen-bond acceptors (Lipinski definition) is 5. The van der Waals surface area contributed by atoms with Crippen LogP contribution in [0.4, 0.5) is 5.69 Å². The molecule has 0 N–H and O–H groups in total. The number of amides is 1. The molecule has 152 valence electrons. The second-order valence-electron chi connectivity index (χ2n) is 7.49. The predicted octanol–water partition coefficient (Wildman–Crippen LogP) is 5.13. The van der Waals surface area contributed by atoms with E-state index >= 15 is 0 Å². The fraction of sp³-hybridized carbons (Fsp3) is 0.391. The van der Waals surface area contributed by atoms with Gasteiger partial charge < -0.3 is 9.80 Å². The number of aromatic nitrogens is 1. The number of benzene rings is 2. The molecule has 0 radical (unpaired) electrons. The fourth-order valence-electron chi connectivity index (χ4n) is 3.73. The van der Waals surface area contributed by atoms with Crippen molar-refractivity contribution in [1.82, 2.24) is 9.88 Å². The minimum absolute atomic E-state index is 0.288. The van der Waals surface area contributed by atoms with Crippen LogP contribution in [0.2, 0.25) is 0 Å². The molecule has 0 unspecified atom stereocenters. The Morgan fingerprint density at radius 3 is 2.66 bits per heavy atom. The molecule has 4 rings (SSSR count). The van der Waals surface area contributed by atoms with Crippen LogP contribution >= 0.6 is 23.1 Å². The van der Waals surface area contributed by atoms with E-state index in [0.717, 1.165) is 48.2 Å². The van der Waals surface area contributed by atoms with Crippen molar-refractivity contribution in [2.75, 3.05) is 36.8 Å². The Bertz CT molecular complexity index is 960. The van der Waals surface area contributed by atoms with Gasteiger partial charge in [0, 0.05) is 44.0 Å². The summed E-state index contributed by atoms with van der Waals surface area (Å²) in [6, 6.07) is 14.7. The lowest BCUT2D eigenvalue weighted by Crippen LogP contribution is -2.49. The van der Waals surface area contributed by atoms with Gasteiger partial charge in [0.15, 0.2) is 4.34 Å². The monoisotopic (exact) mass is 425 g/mol. The Morgan fingerprint density at radius 2 is 1.86 bits per heavy atom. The van der Waals surface area contributed by atoms with Crippen LogP contribution < -0.4 is 4.90 Å². The zero-order chi connectivity index (χ0) is 20.2. The highest BCUT2D eigenvalue weighted by molar-refractivity contribution is 8.01. The van der Waals surface area contributed by atoms with Crippen molar-refractivity contribution in [2.45, 2.75) is 31.0 Å². The first-order valence-corrected chi connectivity index (χ1v) is 12.0. The summed E-state index contributed by atoms with van der Waals surface area (Å²) in [5.74, 6) is 1.23. The Morgan fingerprint density at radius 1 is 1.07 bits per heavy atom. The van der Waals surface area contributed by atoms with E-state index < -0.39 is 0 Å². The van der Waals surface area contributed by atoms with Gasteiger partial charge in [0.25, 0.3) is 0 Å². The minimum Gasteiger partial charge on any atom is -0.368 e. The average Bonchev–Trinajstić information content (AvgIpc) is 3.16. The lowest BCUT2D eigenvalue weighted by atomic mass is 10.1. The van der Waals surface area contributed by atoms with E-state index in [4.69, 9.17) is 0 Å². The van der Waals surface area contributed by atoms with E-state index in [1.54, 1.807) is 23.1 Å². The number of nitrogens with zero attached hydrogens (tertiary/aromatic N) is 3. The number of rotatable bonds is 6. The van der Waals surface area contributed by atoms with Crippen LogP contribution in [-0.2, 0) is 4.79 Å². The van der Waals surface area contributed by atoms with Gasteiger partial charge in [-0.05, 0) is 49.6 Å². The molecule has 6 heteroatoms. The molecule has 2 aromatic carbocycles. The molecule has 0 bridgehead atoms. The second-order valence-corrected chi connectivity index (χ2v) is 9.86. The summed E-state index contributed by atoms with van der Waals surface area (Å²) in [7, 11) is 0. The number of para-hydroxylation sites is 1. The Hall–Kier alpha value is -2.05. The standard InChI is InChI=1S/C23H27N3OS2/c1-17-7-5-9-20(18(17)2)25-12-14-26(15-13-25)22(27)11-6-16-28-23-24-19-8-3-4-10-21(19)29-23/h3-5,7-10H,6,11-16H2,1-2H3. The maximum Gasteiger partial charge on any atom is 0.222 e. The molecule has 1 aliphatic heterocycles. The molecule has 1 amide bonds. The van der Waals surface area contributed by atoms with E-state index in [9.17, 15) is 4.79 Å². The highest BCUT2D eigenvalue weighted by atomic mass is 32.2. The average molecular weight is 426 g/mol. The number of aryl methyl sites for hydroxylation is 1. The van der Waals surface area contributed by atoms with Crippen LogP contribution in [0.5, 0.6) is 0 Å². The van der Waals surface area contributed by atoms with Crippen LogP contribution in [0, 0.1) is 13.8 Å².